The quantitative estimate of drug-likeness (QED) is 0.596. The van der Waals surface area contributed by atoms with E-state index in [0.29, 0.717) is 29.7 Å². The molecule has 1 aromatic heterocycles. The molecule has 0 radical (unpaired) electrons. The smallest absolute Gasteiger partial charge is 0.243 e. The van der Waals surface area contributed by atoms with E-state index in [1.54, 1.807) is 25.3 Å². The van der Waals surface area contributed by atoms with Gasteiger partial charge >= 0.3 is 0 Å². The van der Waals surface area contributed by atoms with Crippen LogP contribution < -0.4 is 14.8 Å². The fourth-order valence-corrected chi connectivity index (χ4v) is 3.22. The van der Waals surface area contributed by atoms with Crippen LogP contribution in [0.2, 0.25) is 0 Å². The van der Waals surface area contributed by atoms with Crippen molar-refractivity contribution >= 4 is 15.7 Å². The molecule has 0 bridgehead atoms. The highest BCUT2D eigenvalue weighted by molar-refractivity contribution is 7.92. The largest absolute Gasteiger partial charge is 0.496 e. The minimum absolute atomic E-state index is 0.192. The summed E-state index contributed by atoms with van der Waals surface area (Å²) < 4.78 is 35.9. The van der Waals surface area contributed by atoms with E-state index in [0.717, 1.165) is 17.4 Å². The van der Waals surface area contributed by atoms with Crippen LogP contribution in [0.5, 0.6) is 5.75 Å². The molecule has 9 heteroatoms. The van der Waals surface area contributed by atoms with Gasteiger partial charge in [0.15, 0.2) is 0 Å². The first-order valence-electron chi connectivity index (χ1n) is 8.63. The lowest BCUT2D eigenvalue weighted by Crippen LogP contribution is -2.18. The Hall–Kier alpha value is -2.91. The molecule has 0 aliphatic heterocycles. The molecule has 3 rings (SSSR count). The van der Waals surface area contributed by atoms with Crippen molar-refractivity contribution in [1.82, 2.24) is 15.5 Å². The van der Waals surface area contributed by atoms with Gasteiger partial charge in [-0.05, 0) is 36.8 Å². The topological polar surface area (TPSA) is 106 Å². The third-order valence-electron chi connectivity index (χ3n) is 4.00. The van der Waals surface area contributed by atoms with Gasteiger partial charge in [-0.2, -0.15) is 4.98 Å². The Bertz CT molecular complexity index is 1050. The number of sulfonamides is 1. The molecule has 8 nitrogen and oxygen atoms in total. The summed E-state index contributed by atoms with van der Waals surface area (Å²) in [6.45, 7) is 2.42. The zero-order valence-electron chi connectivity index (χ0n) is 15.8. The molecule has 1 heterocycles. The summed E-state index contributed by atoms with van der Waals surface area (Å²) in [5.41, 5.74) is 2.20. The third kappa shape index (κ3) is 5.08. The molecule has 1 atom stereocenters. The molecule has 0 amide bonds. The summed E-state index contributed by atoms with van der Waals surface area (Å²) in [5, 5.41) is 7.34. The molecular formula is C19H22N4O4S. The van der Waals surface area contributed by atoms with Gasteiger partial charge in [0.05, 0.1) is 25.0 Å². The second-order valence-corrected chi connectivity index (χ2v) is 8.08. The first-order valence-corrected chi connectivity index (χ1v) is 10.5. The van der Waals surface area contributed by atoms with E-state index in [-0.39, 0.29) is 6.04 Å². The van der Waals surface area contributed by atoms with Crippen molar-refractivity contribution < 1.29 is 17.7 Å². The molecule has 0 aliphatic carbocycles. The molecule has 2 aromatic carbocycles. The molecule has 1 unspecified atom stereocenters. The number of anilines is 1. The number of ether oxygens (including phenoxy) is 1. The third-order valence-corrected chi connectivity index (χ3v) is 4.61. The van der Waals surface area contributed by atoms with Gasteiger partial charge in [0.2, 0.25) is 21.7 Å². The molecule has 0 aliphatic rings. The first-order chi connectivity index (χ1) is 13.4. The molecule has 148 valence electrons. The SMILES string of the molecule is COc1ccccc1-c1noc(C(C)NCc2cccc(NS(C)(=O)=O)c2)n1. The number of methoxy groups -OCH3 is 1. The van der Waals surface area contributed by atoms with Crippen molar-refractivity contribution in [1.29, 1.82) is 0 Å². The van der Waals surface area contributed by atoms with Crippen molar-refractivity contribution in [3.8, 4) is 17.1 Å². The summed E-state index contributed by atoms with van der Waals surface area (Å²) in [4.78, 5) is 4.46. The van der Waals surface area contributed by atoms with Crippen LogP contribution in [0.15, 0.2) is 53.1 Å². The number of benzene rings is 2. The number of rotatable bonds is 8. The number of para-hydroxylation sites is 1. The summed E-state index contributed by atoms with van der Waals surface area (Å²) in [5.74, 6) is 1.58. The Morgan fingerprint density at radius 1 is 1.18 bits per heavy atom. The minimum Gasteiger partial charge on any atom is -0.496 e. The number of aromatic nitrogens is 2. The van der Waals surface area contributed by atoms with E-state index in [1.807, 2.05) is 37.3 Å². The van der Waals surface area contributed by atoms with Crippen molar-refractivity contribution in [3.05, 3.63) is 60.0 Å². The lowest BCUT2D eigenvalue weighted by molar-refractivity contribution is 0.339. The maximum absolute atomic E-state index is 11.4. The van der Waals surface area contributed by atoms with Crippen molar-refractivity contribution in [2.24, 2.45) is 0 Å². The monoisotopic (exact) mass is 402 g/mol. The summed E-state index contributed by atoms with van der Waals surface area (Å²) in [6, 6.07) is 14.4. The second-order valence-electron chi connectivity index (χ2n) is 6.33. The minimum atomic E-state index is -3.31. The fourth-order valence-electron chi connectivity index (χ4n) is 2.67. The zero-order chi connectivity index (χ0) is 20.1. The average Bonchev–Trinajstić information content (AvgIpc) is 3.15. The maximum atomic E-state index is 11.4. The highest BCUT2D eigenvalue weighted by atomic mass is 32.2. The number of hydrogen-bond donors (Lipinski definition) is 2. The molecule has 0 spiro atoms. The Morgan fingerprint density at radius 3 is 2.71 bits per heavy atom. The fraction of sp³-hybridized carbons (Fsp3) is 0.263. The lowest BCUT2D eigenvalue weighted by Gasteiger charge is -2.11. The normalized spacial score (nSPS) is 12.5. The van der Waals surface area contributed by atoms with E-state index in [1.165, 1.54) is 0 Å². The average molecular weight is 402 g/mol. The van der Waals surface area contributed by atoms with E-state index in [9.17, 15) is 8.42 Å². The van der Waals surface area contributed by atoms with Gasteiger partial charge < -0.3 is 14.6 Å². The Morgan fingerprint density at radius 2 is 1.96 bits per heavy atom. The van der Waals surface area contributed by atoms with Gasteiger partial charge in [-0.15, -0.1) is 0 Å². The highest BCUT2D eigenvalue weighted by Crippen LogP contribution is 2.28. The highest BCUT2D eigenvalue weighted by Gasteiger charge is 2.17. The first kappa shape index (κ1) is 19.8. The van der Waals surface area contributed by atoms with Crippen molar-refractivity contribution in [2.75, 3.05) is 18.1 Å². The summed E-state index contributed by atoms with van der Waals surface area (Å²) in [6.07, 6.45) is 1.12. The Kier molecular flexibility index (Phi) is 5.96. The summed E-state index contributed by atoms with van der Waals surface area (Å²) in [7, 11) is -1.72. The van der Waals surface area contributed by atoms with Crippen LogP contribution >= 0.6 is 0 Å². The summed E-state index contributed by atoms with van der Waals surface area (Å²) >= 11 is 0. The van der Waals surface area contributed by atoms with E-state index in [2.05, 4.69) is 20.2 Å². The van der Waals surface area contributed by atoms with Gasteiger partial charge in [0, 0.05) is 12.2 Å². The zero-order valence-corrected chi connectivity index (χ0v) is 16.7. The Labute approximate surface area is 164 Å². The van der Waals surface area contributed by atoms with Gasteiger partial charge in [0.1, 0.15) is 5.75 Å². The van der Waals surface area contributed by atoms with E-state index in [4.69, 9.17) is 9.26 Å². The van der Waals surface area contributed by atoms with E-state index >= 15 is 0 Å². The maximum Gasteiger partial charge on any atom is 0.243 e. The van der Waals surface area contributed by atoms with Gasteiger partial charge in [-0.3, -0.25) is 4.72 Å². The second kappa shape index (κ2) is 8.41. The van der Waals surface area contributed by atoms with Crippen LogP contribution in [0, 0.1) is 0 Å². The van der Waals surface area contributed by atoms with Gasteiger partial charge in [-0.25, -0.2) is 8.42 Å². The molecule has 3 aromatic rings. The molecule has 28 heavy (non-hydrogen) atoms. The molecule has 0 saturated heterocycles. The van der Waals surface area contributed by atoms with Crippen LogP contribution in [-0.4, -0.2) is 31.9 Å². The van der Waals surface area contributed by atoms with Crippen LogP contribution in [-0.2, 0) is 16.6 Å². The van der Waals surface area contributed by atoms with Gasteiger partial charge in [0.25, 0.3) is 0 Å². The standard InChI is InChI=1S/C19H22N4O4S/c1-13(20-12-14-7-6-8-15(11-14)23-28(3,24)25)19-21-18(22-27-19)16-9-4-5-10-17(16)26-2/h4-11,13,20,23H,12H2,1-3H3. The molecule has 0 saturated carbocycles. The lowest BCUT2D eigenvalue weighted by atomic mass is 10.2. The predicted molar refractivity (Wildman–Crippen MR) is 106 cm³/mol. The Balaban J connectivity index is 1.67. The van der Waals surface area contributed by atoms with Crippen LogP contribution in [0.3, 0.4) is 0 Å². The van der Waals surface area contributed by atoms with E-state index < -0.39 is 10.0 Å². The predicted octanol–water partition coefficient (Wildman–Crippen LogP) is 2.97. The number of nitrogens with zero attached hydrogens (tertiary/aromatic N) is 2. The molecule has 2 N–H and O–H groups in total. The molecular weight excluding hydrogens is 380 g/mol. The van der Waals surface area contributed by atoms with Crippen molar-refractivity contribution in [3.63, 3.8) is 0 Å². The van der Waals surface area contributed by atoms with Crippen molar-refractivity contribution in [2.45, 2.75) is 19.5 Å². The van der Waals surface area contributed by atoms with Crippen LogP contribution in [0.25, 0.3) is 11.4 Å². The van der Waals surface area contributed by atoms with Crippen LogP contribution in [0.4, 0.5) is 5.69 Å². The number of nitrogens with one attached hydrogen (secondary N) is 2. The number of hydrogen-bond acceptors (Lipinski definition) is 7. The molecule has 0 fully saturated rings. The van der Waals surface area contributed by atoms with Gasteiger partial charge in [-0.1, -0.05) is 29.4 Å². The van der Waals surface area contributed by atoms with Crippen LogP contribution in [0.1, 0.15) is 24.4 Å².